The van der Waals surface area contributed by atoms with Gasteiger partial charge in [-0.25, -0.2) is 0 Å². The van der Waals surface area contributed by atoms with Gasteiger partial charge in [-0.1, -0.05) is 135 Å². The van der Waals surface area contributed by atoms with Crippen molar-refractivity contribution in [2.45, 2.75) is 89.9 Å². The third-order valence-corrected chi connectivity index (χ3v) is 14.2. The average Bonchev–Trinajstić information content (AvgIpc) is 3.34. The summed E-state index contributed by atoms with van der Waals surface area (Å²) in [7, 11) is 0. The van der Waals surface area contributed by atoms with Crippen LogP contribution in [0.25, 0.3) is 11.1 Å². The number of nitrogens with zero attached hydrogens (tertiary/aromatic N) is 2. The van der Waals surface area contributed by atoms with Crippen LogP contribution >= 0.6 is 0 Å². The van der Waals surface area contributed by atoms with Crippen LogP contribution in [0.2, 0.25) is 0 Å². The van der Waals surface area contributed by atoms with Gasteiger partial charge in [0.1, 0.15) is 0 Å². The van der Waals surface area contributed by atoms with Gasteiger partial charge >= 0.3 is 0 Å². The zero-order chi connectivity index (χ0) is 35.9. The predicted molar refractivity (Wildman–Crippen MR) is 217 cm³/mol. The summed E-state index contributed by atoms with van der Waals surface area (Å²) in [6.45, 7) is 21.8. The molecule has 0 radical (unpaired) electrons. The van der Waals surface area contributed by atoms with Gasteiger partial charge < -0.3 is 9.80 Å². The van der Waals surface area contributed by atoms with E-state index in [2.05, 4.69) is 181 Å². The summed E-state index contributed by atoms with van der Waals surface area (Å²) in [5.41, 5.74) is 24.5. The smallest absolute Gasteiger partial charge is 0.0543 e. The summed E-state index contributed by atoms with van der Waals surface area (Å²) >= 11 is 0. The standard InChI is InChI=1S/C50H46N2/c1-28-29-16-14-19-35-45(29)51(41-22-12-10-17-33(41)47(35,2)3)43-26-38-31(24-30(28)43)32-25-40-44(27-39(32)50(38,8)9)52-42-23-13-11-18-34(42)48(4,5)36-20-15-21-37(46(36)52)49(40,6)7/h10-28H,1-9H3. The molecule has 0 fully saturated rings. The second-order valence-electron chi connectivity index (χ2n) is 18.2. The van der Waals surface area contributed by atoms with Gasteiger partial charge in [0.05, 0.1) is 34.1 Å². The zero-order valence-corrected chi connectivity index (χ0v) is 31.9. The molecule has 1 aliphatic carbocycles. The predicted octanol–water partition coefficient (Wildman–Crippen LogP) is 13.3. The summed E-state index contributed by atoms with van der Waals surface area (Å²) in [4.78, 5) is 5.22. The number of rotatable bonds is 0. The maximum Gasteiger partial charge on any atom is 0.0543 e. The summed E-state index contributed by atoms with van der Waals surface area (Å²) in [5.74, 6) is 0.285. The molecule has 6 aromatic rings. The Bertz CT molecular complexity index is 2610. The fourth-order valence-electron chi connectivity index (χ4n) is 11.2. The Kier molecular flexibility index (Phi) is 5.45. The number of hydrogen-bond acceptors (Lipinski definition) is 2. The fraction of sp³-hybridized carbons (Fsp3) is 0.280. The van der Waals surface area contributed by atoms with Crippen molar-refractivity contribution in [2.75, 3.05) is 9.80 Å². The molecule has 52 heavy (non-hydrogen) atoms. The molecule has 11 rings (SSSR count). The summed E-state index contributed by atoms with van der Waals surface area (Å²) in [6.07, 6.45) is 0. The molecule has 1 unspecified atom stereocenters. The van der Waals surface area contributed by atoms with Crippen molar-refractivity contribution >= 4 is 34.1 Å². The summed E-state index contributed by atoms with van der Waals surface area (Å²) in [6, 6.07) is 42.6. The molecule has 2 nitrogen and oxygen atoms in total. The van der Waals surface area contributed by atoms with Gasteiger partial charge in [-0.05, 0) is 103 Å². The molecule has 256 valence electrons. The number of benzene rings is 6. The fourth-order valence-corrected chi connectivity index (χ4v) is 11.2. The van der Waals surface area contributed by atoms with Gasteiger partial charge in [-0.15, -0.1) is 0 Å². The largest absolute Gasteiger partial charge is 0.309 e. The van der Waals surface area contributed by atoms with E-state index in [0.29, 0.717) is 0 Å². The van der Waals surface area contributed by atoms with Gasteiger partial charge in [-0.3, -0.25) is 0 Å². The van der Waals surface area contributed by atoms with Crippen LogP contribution in [-0.4, -0.2) is 0 Å². The first-order chi connectivity index (χ1) is 24.8. The molecule has 1 atom stereocenters. The van der Waals surface area contributed by atoms with Crippen molar-refractivity contribution in [3.05, 3.63) is 165 Å². The van der Waals surface area contributed by atoms with Crippen molar-refractivity contribution in [3.8, 4) is 11.1 Å². The lowest BCUT2D eigenvalue weighted by molar-refractivity contribution is 0.596. The highest BCUT2D eigenvalue weighted by Crippen LogP contribution is 2.64. The summed E-state index contributed by atoms with van der Waals surface area (Å²) < 4.78 is 0. The molecule has 0 saturated carbocycles. The highest BCUT2D eigenvalue weighted by atomic mass is 15.2. The van der Waals surface area contributed by atoms with E-state index in [1.165, 1.54) is 101 Å². The molecule has 0 spiro atoms. The minimum absolute atomic E-state index is 0.0759. The van der Waals surface area contributed by atoms with Crippen LogP contribution in [0.15, 0.2) is 109 Å². The second kappa shape index (κ2) is 9.28. The Morgan fingerprint density at radius 3 is 1.42 bits per heavy atom. The maximum absolute atomic E-state index is 2.61. The third kappa shape index (κ3) is 3.35. The Hall–Kier alpha value is -5.08. The molecule has 0 saturated heterocycles. The van der Waals surface area contributed by atoms with Crippen LogP contribution in [-0.2, 0) is 21.7 Å². The van der Waals surface area contributed by atoms with E-state index < -0.39 is 0 Å². The van der Waals surface area contributed by atoms with Crippen LogP contribution in [0.1, 0.15) is 124 Å². The molecule has 4 aliphatic heterocycles. The molecule has 0 aromatic heterocycles. The maximum atomic E-state index is 2.61. The minimum atomic E-state index is -0.176. The minimum Gasteiger partial charge on any atom is -0.309 e. The summed E-state index contributed by atoms with van der Waals surface area (Å²) in [5, 5.41) is 0. The van der Waals surface area contributed by atoms with E-state index >= 15 is 0 Å². The molecular formula is C50H46N2. The Morgan fingerprint density at radius 2 is 0.808 bits per heavy atom. The Balaban J connectivity index is 1.17. The van der Waals surface area contributed by atoms with E-state index in [0.717, 1.165) is 0 Å². The number of anilines is 6. The lowest BCUT2D eigenvalue weighted by Crippen LogP contribution is -2.38. The van der Waals surface area contributed by atoms with Gasteiger partial charge in [-0.2, -0.15) is 0 Å². The third-order valence-electron chi connectivity index (χ3n) is 14.2. The number of hydrogen-bond donors (Lipinski definition) is 0. The first kappa shape index (κ1) is 30.5. The van der Waals surface area contributed by atoms with Gasteiger partial charge in [0, 0.05) is 27.6 Å². The van der Waals surface area contributed by atoms with Crippen molar-refractivity contribution in [1.82, 2.24) is 0 Å². The van der Waals surface area contributed by atoms with E-state index in [-0.39, 0.29) is 27.6 Å². The Labute approximate surface area is 308 Å². The number of para-hydroxylation sites is 4. The number of fused-ring (bicyclic) bond motifs is 11. The van der Waals surface area contributed by atoms with E-state index in [9.17, 15) is 0 Å². The van der Waals surface area contributed by atoms with Crippen LogP contribution < -0.4 is 9.80 Å². The SMILES string of the molecule is CC1c2cc3c(cc2N2c4ccccc4C(C)(C)c4cccc1c42)C(C)(C)c1cc2c(cc1-3)C(C)(C)c1cccc3c1N2c1ccccc1C3(C)C. The van der Waals surface area contributed by atoms with Crippen molar-refractivity contribution in [1.29, 1.82) is 0 Å². The van der Waals surface area contributed by atoms with Crippen LogP contribution in [0.3, 0.4) is 0 Å². The van der Waals surface area contributed by atoms with Gasteiger partial charge in [0.2, 0.25) is 0 Å². The van der Waals surface area contributed by atoms with E-state index in [1.807, 2.05) is 0 Å². The molecule has 2 heteroatoms. The van der Waals surface area contributed by atoms with Crippen molar-refractivity contribution < 1.29 is 0 Å². The first-order valence-electron chi connectivity index (χ1n) is 19.2. The van der Waals surface area contributed by atoms with E-state index in [4.69, 9.17) is 0 Å². The molecule has 5 aliphatic rings. The Morgan fingerprint density at radius 1 is 0.365 bits per heavy atom. The lowest BCUT2D eigenvalue weighted by Gasteiger charge is -2.49. The average molecular weight is 675 g/mol. The van der Waals surface area contributed by atoms with E-state index in [1.54, 1.807) is 0 Å². The topological polar surface area (TPSA) is 6.48 Å². The van der Waals surface area contributed by atoms with Crippen LogP contribution in [0, 0.1) is 0 Å². The molecular weight excluding hydrogens is 629 g/mol. The normalized spacial score (nSPS) is 20.4. The van der Waals surface area contributed by atoms with Gasteiger partial charge in [0.15, 0.2) is 0 Å². The highest BCUT2D eigenvalue weighted by molar-refractivity contribution is 5.98. The van der Waals surface area contributed by atoms with Crippen molar-refractivity contribution in [3.63, 3.8) is 0 Å². The second-order valence-corrected chi connectivity index (χ2v) is 18.2. The van der Waals surface area contributed by atoms with Crippen LogP contribution in [0.4, 0.5) is 34.1 Å². The molecule has 0 N–H and O–H groups in total. The lowest BCUT2D eigenvalue weighted by atomic mass is 9.66. The van der Waals surface area contributed by atoms with Crippen molar-refractivity contribution in [2.24, 2.45) is 0 Å². The first-order valence-corrected chi connectivity index (χ1v) is 19.2. The highest BCUT2D eigenvalue weighted by Gasteiger charge is 2.48. The molecule has 0 bridgehead atoms. The quantitative estimate of drug-likeness (QED) is 0.158. The monoisotopic (exact) mass is 674 g/mol. The zero-order valence-electron chi connectivity index (χ0n) is 31.9. The molecule has 4 heterocycles. The van der Waals surface area contributed by atoms with Gasteiger partial charge in [0.25, 0.3) is 0 Å². The molecule has 6 aromatic carbocycles. The molecule has 0 amide bonds. The van der Waals surface area contributed by atoms with Crippen LogP contribution in [0.5, 0.6) is 0 Å².